The van der Waals surface area contributed by atoms with Crippen molar-refractivity contribution in [3.05, 3.63) is 35.6 Å². The lowest BCUT2D eigenvalue weighted by molar-refractivity contribution is -0.121. The van der Waals surface area contributed by atoms with Gasteiger partial charge < -0.3 is 16.0 Å². The quantitative estimate of drug-likeness (QED) is 0.368. The summed E-state index contributed by atoms with van der Waals surface area (Å²) in [4.78, 5) is 16.1. The number of hydrogen-bond acceptors (Lipinski definition) is 2. The monoisotopic (exact) mass is 334 g/mol. The van der Waals surface area contributed by atoms with Gasteiger partial charge in [0, 0.05) is 32.1 Å². The number of benzene rings is 1. The van der Waals surface area contributed by atoms with Gasteiger partial charge in [0.1, 0.15) is 5.82 Å². The molecule has 1 amide bonds. The highest BCUT2D eigenvalue weighted by Crippen LogP contribution is 2.18. The van der Waals surface area contributed by atoms with Crippen LogP contribution < -0.4 is 16.0 Å². The summed E-state index contributed by atoms with van der Waals surface area (Å²) in [5.74, 6) is 0.663. The van der Waals surface area contributed by atoms with Crippen LogP contribution in [0.4, 0.5) is 4.39 Å². The van der Waals surface area contributed by atoms with E-state index in [1.807, 2.05) is 6.92 Å². The number of guanidine groups is 1. The van der Waals surface area contributed by atoms with Gasteiger partial charge in [0.15, 0.2) is 5.96 Å². The number of hydrogen-bond donors (Lipinski definition) is 3. The first-order valence-electron chi connectivity index (χ1n) is 8.73. The summed E-state index contributed by atoms with van der Waals surface area (Å²) >= 11 is 0. The molecule has 0 heterocycles. The van der Waals surface area contributed by atoms with Crippen LogP contribution in [-0.2, 0) is 11.2 Å². The Morgan fingerprint density at radius 1 is 1.25 bits per heavy atom. The highest BCUT2D eigenvalue weighted by atomic mass is 19.1. The first-order valence-corrected chi connectivity index (χ1v) is 8.73. The van der Waals surface area contributed by atoms with Gasteiger partial charge in [-0.1, -0.05) is 12.1 Å². The van der Waals surface area contributed by atoms with Gasteiger partial charge in [-0.25, -0.2) is 4.39 Å². The van der Waals surface area contributed by atoms with E-state index in [1.165, 1.54) is 12.1 Å². The van der Waals surface area contributed by atoms with Crippen molar-refractivity contribution in [2.24, 2.45) is 4.99 Å². The Morgan fingerprint density at radius 2 is 2.00 bits per heavy atom. The van der Waals surface area contributed by atoms with Crippen molar-refractivity contribution in [2.45, 2.75) is 45.1 Å². The number of carbonyl (C=O) groups is 1. The van der Waals surface area contributed by atoms with Crippen LogP contribution in [-0.4, -0.2) is 37.5 Å². The molecule has 0 atom stereocenters. The van der Waals surface area contributed by atoms with Gasteiger partial charge in [-0.3, -0.25) is 9.79 Å². The molecule has 6 heteroatoms. The fourth-order valence-electron chi connectivity index (χ4n) is 2.28. The van der Waals surface area contributed by atoms with Gasteiger partial charge in [-0.2, -0.15) is 0 Å². The molecule has 3 N–H and O–H groups in total. The molecule has 0 aromatic heterocycles. The minimum absolute atomic E-state index is 0.127. The summed E-state index contributed by atoms with van der Waals surface area (Å²) in [6.07, 6.45) is 4.30. The molecule has 1 saturated carbocycles. The van der Waals surface area contributed by atoms with E-state index < -0.39 is 0 Å². The molecule has 1 aliphatic carbocycles. The topological polar surface area (TPSA) is 65.5 Å². The summed E-state index contributed by atoms with van der Waals surface area (Å²) in [5, 5.41) is 9.42. The average Bonchev–Trinajstić information content (AvgIpc) is 3.37. The second kappa shape index (κ2) is 9.90. The SMILES string of the molecule is CCNC(=NCCCC(=O)NC1CC1)NCCc1ccc(F)cc1. The Bertz CT molecular complexity index is 540. The maximum atomic E-state index is 12.9. The van der Waals surface area contributed by atoms with Crippen molar-refractivity contribution in [3.63, 3.8) is 0 Å². The lowest BCUT2D eigenvalue weighted by Crippen LogP contribution is -2.38. The normalized spacial score (nSPS) is 14.3. The molecule has 132 valence electrons. The van der Waals surface area contributed by atoms with E-state index >= 15 is 0 Å². The number of carbonyl (C=O) groups excluding carboxylic acids is 1. The Kier molecular flexibility index (Phi) is 7.52. The standard InChI is InChI=1S/C18H27FN4O/c1-2-20-18(21-12-3-4-17(24)23-16-9-10-16)22-13-11-14-5-7-15(19)8-6-14/h5-8,16H,2-4,9-13H2,1H3,(H,23,24)(H2,20,21,22). The van der Waals surface area contributed by atoms with Gasteiger partial charge >= 0.3 is 0 Å². The molecule has 0 aliphatic heterocycles. The lowest BCUT2D eigenvalue weighted by Gasteiger charge is -2.11. The second-order valence-corrected chi connectivity index (χ2v) is 6.01. The number of amides is 1. The zero-order chi connectivity index (χ0) is 17.2. The molecule has 1 aromatic carbocycles. The van der Waals surface area contributed by atoms with Crippen LogP contribution in [0, 0.1) is 5.82 Å². The van der Waals surface area contributed by atoms with Gasteiger partial charge in [0.2, 0.25) is 5.91 Å². The third-order valence-corrected chi connectivity index (χ3v) is 3.74. The molecule has 0 saturated heterocycles. The molecule has 24 heavy (non-hydrogen) atoms. The fourth-order valence-corrected chi connectivity index (χ4v) is 2.28. The van der Waals surface area contributed by atoms with Gasteiger partial charge in [-0.05, 0) is 50.3 Å². The van der Waals surface area contributed by atoms with Crippen LogP contribution in [0.2, 0.25) is 0 Å². The van der Waals surface area contributed by atoms with E-state index in [-0.39, 0.29) is 11.7 Å². The molecule has 0 radical (unpaired) electrons. The number of nitrogens with one attached hydrogen (secondary N) is 3. The predicted molar refractivity (Wildman–Crippen MR) is 94.5 cm³/mol. The van der Waals surface area contributed by atoms with Crippen molar-refractivity contribution >= 4 is 11.9 Å². The summed E-state index contributed by atoms with van der Waals surface area (Å²) < 4.78 is 12.9. The Balaban J connectivity index is 1.65. The summed E-state index contributed by atoms with van der Waals surface area (Å²) in [7, 11) is 0. The second-order valence-electron chi connectivity index (χ2n) is 6.01. The van der Waals surface area contributed by atoms with Crippen molar-refractivity contribution in [1.82, 2.24) is 16.0 Å². The van der Waals surface area contributed by atoms with Crippen LogP contribution in [0.3, 0.4) is 0 Å². The van der Waals surface area contributed by atoms with E-state index in [4.69, 9.17) is 0 Å². The zero-order valence-electron chi connectivity index (χ0n) is 14.3. The molecule has 0 bridgehead atoms. The first-order chi connectivity index (χ1) is 11.7. The maximum absolute atomic E-state index is 12.9. The van der Waals surface area contributed by atoms with Crippen molar-refractivity contribution in [3.8, 4) is 0 Å². The minimum atomic E-state index is -0.215. The average molecular weight is 334 g/mol. The predicted octanol–water partition coefficient (Wildman–Crippen LogP) is 1.98. The lowest BCUT2D eigenvalue weighted by atomic mass is 10.1. The molecule has 5 nitrogen and oxygen atoms in total. The van der Waals surface area contributed by atoms with Crippen molar-refractivity contribution in [1.29, 1.82) is 0 Å². The molecule has 1 aromatic rings. The van der Waals surface area contributed by atoms with Crippen molar-refractivity contribution in [2.75, 3.05) is 19.6 Å². The Hall–Kier alpha value is -2.11. The van der Waals surface area contributed by atoms with Crippen LogP contribution in [0.1, 0.15) is 38.2 Å². The molecular formula is C18H27FN4O. The molecular weight excluding hydrogens is 307 g/mol. The summed E-state index contributed by atoms with van der Waals surface area (Å²) in [6, 6.07) is 6.95. The van der Waals surface area contributed by atoms with Crippen molar-refractivity contribution < 1.29 is 9.18 Å². The maximum Gasteiger partial charge on any atom is 0.220 e. The molecule has 0 spiro atoms. The molecule has 0 unspecified atom stereocenters. The summed E-state index contributed by atoms with van der Waals surface area (Å²) in [6.45, 7) is 4.13. The van der Waals surface area contributed by atoms with E-state index in [2.05, 4.69) is 20.9 Å². The summed E-state index contributed by atoms with van der Waals surface area (Å²) in [5.41, 5.74) is 1.08. The first kappa shape index (κ1) is 18.2. The smallest absolute Gasteiger partial charge is 0.220 e. The Labute approximate surface area is 143 Å². The van der Waals surface area contributed by atoms with Gasteiger partial charge in [-0.15, -0.1) is 0 Å². The van der Waals surface area contributed by atoms with E-state index in [1.54, 1.807) is 12.1 Å². The largest absolute Gasteiger partial charge is 0.357 e. The minimum Gasteiger partial charge on any atom is -0.357 e. The number of aliphatic imine (C=N–C) groups is 1. The van der Waals surface area contributed by atoms with Crippen LogP contribution in [0.15, 0.2) is 29.3 Å². The highest BCUT2D eigenvalue weighted by molar-refractivity contribution is 5.80. The third kappa shape index (κ3) is 7.44. The molecule has 1 fully saturated rings. The van der Waals surface area contributed by atoms with Gasteiger partial charge in [0.05, 0.1) is 0 Å². The molecule has 2 rings (SSSR count). The number of rotatable bonds is 9. The number of nitrogens with zero attached hydrogens (tertiary/aromatic N) is 1. The fraction of sp³-hybridized carbons (Fsp3) is 0.556. The van der Waals surface area contributed by atoms with Crippen LogP contribution in [0.5, 0.6) is 0 Å². The highest BCUT2D eigenvalue weighted by Gasteiger charge is 2.22. The van der Waals surface area contributed by atoms with Gasteiger partial charge in [0.25, 0.3) is 0 Å². The van der Waals surface area contributed by atoms with E-state index in [0.29, 0.717) is 19.0 Å². The van der Waals surface area contributed by atoms with Crippen LogP contribution in [0.25, 0.3) is 0 Å². The van der Waals surface area contributed by atoms with Crippen LogP contribution >= 0.6 is 0 Å². The Morgan fingerprint density at radius 3 is 2.67 bits per heavy atom. The third-order valence-electron chi connectivity index (χ3n) is 3.74. The van der Waals surface area contributed by atoms with E-state index in [0.717, 1.165) is 50.3 Å². The van der Waals surface area contributed by atoms with E-state index in [9.17, 15) is 9.18 Å². The molecule has 1 aliphatic rings. The zero-order valence-corrected chi connectivity index (χ0v) is 14.3. The number of halogens is 1.